The molecule has 0 spiro atoms. The summed E-state index contributed by atoms with van der Waals surface area (Å²) in [5.74, 6) is 0. The monoisotopic (exact) mass is 859 g/mol. The molecule has 0 fully saturated rings. The lowest BCUT2D eigenvalue weighted by atomic mass is 9.68. The second-order valence-electron chi connectivity index (χ2n) is 18.4. The van der Waals surface area contributed by atoms with Crippen LogP contribution in [-0.2, 0) is 10.8 Å². The van der Waals surface area contributed by atoms with E-state index < -0.39 is 5.41 Å². The molecule has 11 aromatic rings. The standard InChI is InChI=1S/C64H45NS/c1-63(2)55-26-12-9-21-50(55)51-40-35-44(41-58(51)63)42-31-36-47(37-32-42)65(48-38-33-43(34-39-48)49-24-15-25-53-52-22-11-14-30-60(52)66-62(49)53)59-29-16-28-57-61(59)54-23-10-13-27-56(54)64(57,45-17-5-3-6-18-45)46-19-7-4-8-20-46/h3-41H,1-2H3. The van der Waals surface area contributed by atoms with E-state index in [0.29, 0.717) is 0 Å². The summed E-state index contributed by atoms with van der Waals surface area (Å²) < 4.78 is 2.65. The fourth-order valence-electron chi connectivity index (χ4n) is 11.5. The third kappa shape index (κ3) is 5.65. The average molecular weight is 860 g/mol. The van der Waals surface area contributed by atoms with Gasteiger partial charge in [-0.2, -0.15) is 0 Å². The van der Waals surface area contributed by atoms with Gasteiger partial charge in [0.2, 0.25) is 0 Å². The third-order valence-electron chi connectivity index (χ3n) is 14.6. The van der Waals surface area contributed by atoms with Gasteiger partial charge in [-0.05, 0) is 115 Å². The summed E-state index contributed by atoms with van der Waals surface area (Å²) in [7, 11) is 0. The molecule has 0 unspecified atom stereocenters. The number of hydrogen-bond donors (Lipinski definition) is 0. The molecule has 0 saturated carbocycles. The van der Waals surface area contributed by atoms with Crippen LogP contribution in [0, 0.1) is 0 Å². The fraction of sp³-hybridized carbons (Fsp3) is 0.0625. The van der Waals surface area contributed by atoms with Crippen LogP contribution < -0.4 is 4.90 Å². The molecule has 0 N–H and O–H groups in total. The minimum absolute atomic E-state index is 0.0635. The fourth-order valence-corrected chi connectivity index (χ4v) is 12.8. The van der Waals surface area contributed by atoms with E-state index in [-0.39, 0.29) is 5.41 Å². The minimum atomic E-state index is -0.506. The zero-order valence-corrected chi connectivity index (χ0v) is 37.7. The molecule has 2 heteroatoms. The quantitative estimate of drug-likeness (QED) is 0.154. The van der Waals surface area contributed by atoms with Gasteiger partial charge < -0.3 is 4.90 Å². The summed E-state index contributed by atoms with van der Waals surface area (Å²) >= 11 is 1.88. The zero-order chi connectivity index (χ0) is 44.0. The van der Waals surface area contributed by atoms with Crippen molar-refractivity contribution in [2.45, 2.75) is 24.7 Å². The molecule has 2 aliphatic rings. The Kier molecular flexibility index (Phi) is 8.72. The number of thiophene rings is 1. The molecule has 0 radical (unpaired) electrons. The van der Waals surface area contributed by atoms with Crippen molar-refractivity contribution in [2.24, 2.45) is 0 Å². The Balaban J connectivity index is 0.992. The molecule has 1 aromatic heterocycles. The third-order valence-corrected chi connectivity index (χ3v) is 15.8. The molecular weight excluding hydrogens is 815 g/mol. The van der Waals surface area contributed by atoms with Gasteiger partial charge in [-0.15, -0.1) is 11.3 Å². The van der Waals surface area contributed by atoms with Gasteiger partial charge in [0, 0.05) is 42.5 Å². The van der Waals surface area contributed by atoms with E-state index in [2.05, 4.69) is 255 Å². The average Bonchev–Trinajstić information content (AvgIpc) is 3.99. The number of benzene rings is 10. The number of rotatable bonds is 7. The first-order valence-electron chi connectivity index (χ1n) is 23.0. The van der Waals surface area contributed by atoms with E-state index in [1.807, 2.05) is 11.3 Å². The van der Waals surface area contributed by atoms with Crippen molar-refractivity contribution in [1.82, 2.24) is 0 Å². The second-order valence-corrected chi connectivity index (χ2v) is 19.4. The molecule has 0 bridgehead atoms. The van der Waals surface area contributed by atoms with Gasteiger partial charge >= 0.3 is 0 Å². The van der Waals surface area contributed by atoms with Crippen LogP contribution in [0.2, 0.25) is 0 Å². The van der Waals surface area contributed by atoms with Gasteiger partial charge in [0.25, 0.3) is 0 Å². The molecule has 1 nitrogen and oxygen atoms in total. The largest absolute Gasteiger partial charge is 0.310 e. The van der Waals surface area contributed by atoms with Crippen LogP contribution in [0.5, 0.6) is 0 Å². The molecule has 0 atom stereocenters. The number of fused-ring (bicyclic) bond motifs is 9. The lowest BCUT2D eigenvalue weighted by Crippen LogP contribution is -2.28. The molecule has 0 amide bonds. The topological polar surface area (TPSA) is 3.24 Å². The van der Waals surface area contributed by atoms with Crippen molar-refractivity contribution in [2.75, 3.05) is 4.90 Å². The lowest BCUT2D eigenvalue weighted by molar-refractivity contribution is 0.660. The van der Waals surface area contributed by atoms with Crippen molar-refractivity contribution < 1.29 is 0 Å². The summed E-state index contributed by atoms with van der Waals surface area (Å²) in [6, 6.07) is 88.2. The predicted octanol–water partition coefficient (Wildman–Crippen LogP) is 17.5. The predicted molar refractivity (Wildman–Crippen MR) is 280 cm³/mol. The molecule has 2 aliphatic carbocycles. The molecule has 1 heterocycles. The van der Waals surface area contributed by atoms with Crippen LogP contribution in [0.4, 0.5) is 17.1 Å². The molecule has 312 valence electrons. The van der Waals surface area contributed by atoms with E-state index in [0.717, 1.165) is 17.1 Å². The highest BCUT2D eigenvalue weighted by molar-refractivity contribution is 7.26. The maximum Gasteiger partial charge on any atom is 0.0714 e. The van der Waals surface area contributed by atoms with Gasteiger partial charge in [0.05, 0.1) is 11.1 Å². The van der Waals surface area contributed by atoms with Gasteiger partial charge in [-0.25, -0.2) is 0 Å². The van der Waals surface area contributed by atoms with Gasteiger partial charge in [0.15, 0.2) is 0 Å². The summed E-state index contributed by atoms with van der Waals surface area (Å²) in [6.45, 7) is 4.72. The maximum atomic E-state index is 2.48. The normalized spacial score (nSPS) is 13.8. The van der Waals surface area contributed by atoms with Gasteiger partial charge in [0.1, 0.15) is 0 Å². The van der Waals surface area contributed by atoms with Crippen LogP contribution in [0.3, 0.4) is 0 Å². The molecule has 66 heavy (non-hydrogen) atoms. The van der Waals surface area contributed by atoms with Crippen LogP contribution in [0.25, 0.3) is 64.7 Å². The van der Waals surface area contributed by atoms with E-state index in [1.165, 1.54) is 98.1 Å². The van der Waals surface area contributed by atoms with Gasteiger partial charge in [-0.3, -0.25) is 0 Å². The Labute approximate surface area is 390 Å². The Bertz CT molecular complexity index is 3620. The number of nitrogens with zero attached hydrogens (tertiary/aromatic N) is 1. The smallest absolute Gasteiger partial charge is 0.0714 e. The molecule has 0 aliphatic heterocycles. The first-order valence-corrected chi connectivity index (χ1v) is 23.8. The van der Waals surface area contributed by atoms with Gasteiger partial charge in [-0.1, -0.05) is 208 Å². The Hall–Kier alpha value is -7.78. The van der Waals surface area contributed by atoms with Crippen LogP contribution in [-0.4, -0.2) is 0 Å². The maximum absolute atomic E-state index is 2.48. The van der Waals surface area contributed by atoms with Crippen molar-refractivity contribution in [1.29, 1.82) is 0 Å². The van der Waals surface area contributed by atoms with E-state index in [4.69, 9.17) is 0 Å². The van der Waals surface area contributed by atoms with Crippen molar-refractivity contribution in [3.05, 3.63) is 270 Å². The summed E-state index contributed by atoms with van der Waals surface area (Å²) in [4.78, 5) is 2.48. The first-order chi connectivity index (χ1) is 32.5. The van der Waals surface area contributed by atoms with E-state index in [1.54, 1.807) is 0 Å². The van der Waals surface area contributed by atoms with Crippen molar-refractivity contribution in [3.8, 4) is 44.5 Å². The summed E-state index contributed by atoms with van der Waals surface area (Å²) in [5.41, 5.74) is 20.8. The van der Waals surface area contributed by atoms with Crippen LogP contribution in [0.1, 0.15) is 47.2 Å². The highest BCUT2D eigenvalue weighted by Crippen LogP contribution is 2.60. The van der Waals surface area contributed by atoms with Crippen molar-refractivity contribution >= 4 is 48.6 Å². The summed E-state index contributed by atoms with van der Waals surface area (Å²) in [5, 5.41) is 2.63. The summed E-state index contributed by atoms with van der Waals surface area (Å²) in [6.07, 6.45) is 0. The zero-order valence-electron chi connectivity index (χ0n) is 36.9. The van der Waals surface area contributed by atoms with E-state index in [9.17, 15) is 0 Å². The van der Waals surface area contributed by atoms with E-state index >= 15 is 0 Å². The lowest BCUT2D eigenvalue weighted by Gasteiger charge is -2.34. The molecule has 10 aromatic carbocycles. The Morgan fingerprint density at radius 1 is 0.364 bits per heavy atom. The highest BCUT2D eigenvalue weighted by Gasteiger charge is 2.47. The van der Waals surface area contributed by atoms with Crippen molar-refractivity contribution in [3.63, 3.8) is 0 Å². The SMILES string of the molecule is CC1(C)c2ccccc2-c2ccc(-c3ccc(N(c4ccc(-c5cccc6c5sc5ccccc56)cc4)c4cccc5c4-c4ccccc4C5(c4ccccc4)c4ccccc4)cc3)cc21. The highest BCUT2D eigenvalue weighted by atomic mass is 32.1. The minimum Gasteiger partial charge on any atom is -0.310 e. The van der Waals surface area contributed by atoms with Crippen LogP contribution in [0.15, 0.2) is 237 Å². The first kappa shape index (κ1) is 38.7. The molecular formula is C64H45NS. The molecule has 0 saturated heterocycles. The Morgan fingerprint density at radius 2 is 0.894 bits per heavy atom. The van der Waals surface area contributed by atoms with Crippen LogP contribution >= 0.6 is 11.3 Å². The number of anilines is 3. The Morgan fingerprint density at radius 3 is 1.62 bits per heavy atom. The number of hydrogen-bond acceptors (Lipinski definition) is 2. The second kappa shape index (κ2) is 14.9. The molecule has 13 rings (SSSR count).